The maximum absolute atomic E-state index is 11.2. The van der Waals surface area contributed by atoms with Gasteiger partial charge in [-0.25, -0.2) is 0 Å². The Labute approximate surface area is 85.1 Å². The van der Waals surface area contributed by atoms with Crippen molar-refractivity contribution >= 4 is 5.78 Å². The number of ketones is 1. The summed E-state index contributed by atoms with van der Waals surface area (Å²) in [5.74, 6) is 0.0973. The zero-order valence-electron chi connectivity index (χ0n) is 9.05. The van der Waals surface area contributed by atoms with Crippen LogP contribution in [-0.4, -0.2) is 12.3 Å². The van der Waals surface area contributed by atoms with Crippen molar-refractivity contribution in [3.63, 3.8) is 0 Å². The van der Waals surface area contributed by atoms with E-state index in [4.69, 9.17) is 5.73 Å². The minimum atomic E-state index is 0.0973. The van der Waals surface area contributed by atoms with E-state index < -0.39 is 0 Å². The van der Waals surface area contributed by atoms with Crippen LogP contribution < -0.4 is 5.73 Å². The molecule has 0 atom stereocenters. The van der Waals surface area contributed by atoms with Crippen LogP contribution in [0.15, 0.2) is 12.1 Å². The van der Waals surface area contributed by atoms with E-state index in [1.807, 2.05) is 13.8 Å². The van der Waals surface area contributed by atoms with Crippen LogP contribution in [0.4, 0.5) is 0 Å². The molecule has 0 aromatic heterocycles. The highest BCUT2D eigenvalue weighted by Gasteiger charge is 2.07. The van der Waals surface area contributed by atoms with Crippen molar-refractivity contribution in [3.05, 3.63) is 34.4 Å². The van der Waals surface area contributed by atoms with Crippen molar-refractivity contribution in [1.82, 2.24) is 0 Å². The molecule has 0 radical (unpaired) electrons. The summed E-state index contributed by atoms with van der Waals surface area (Å²) in [7, 11) is 0. The van der Waals surface area contributed by atoms with Crippen LogP contribution in [0.1, 0.15) is 22.3 Å². The fraction of sp³-hybridized carbons (Fsp3) is 0.417. The average Bonchev–Trinajstić information content (AvgIpc) is 2.10. The molecule has 14 heavy (non-hydrogen) atoms. The summed E-state index contributed by atoms with van der Waals surface area (Å²) < 4.78 is 0. The largest absolute Gasteiger partial charge is 0.324 e. The smallest absolute Gasteiger partial charge is 0.150 e. The first-order valence-electron chi connectivity index (χ1n) is 4.83. The fourth-order valence-electron chi connectivity index (χ4n) is 1.76. The summed E-state index contributed by atoms with van der Waals surface area (Å²) in [6, 6.07) is 4.21. The first-order valence-corrected chi connectivity index (χ1v) is 4.83. The van der Waals surface area contributed by atoms with Crippen LogP contribution in [0.5, 0.6) is 0 Å². The summed E-state index contributed by atoms with van der Waals surface area (Å²) in [6.07, 6.45) is 0.467. The third kappa shape index (κ3) is 2.42. The second kappa shape index (κ2) is 4.38. The Morgan fingerprint density at radius 1 is 1.21 bits per heavy atom. The van der Waals surface area contributed by atoms with Crippen LogP contribution in [0.2, 0.25) is 0 Å². The van der Waals surface area contributed by atoms with Gasteiger partial charge in [-0.1, -0.05) is 17.7 Å². The molecule has 0 saturated heterocycles. The monoisotopic (exact) mass is 191 g/mol. The van der Waals surface area contributed by atoms with Crippen molar-refractivity contribution in [2.24, 2.45) is 5.73 Å². The van der Waals surface area contributed by atoms with Crippen molar-refractivity contribution < 1.29 is 4.79 Å². The van der Waals surface area contributed by atoms with Gasteiger partial charge in [-0.2, -0.15) is 0 Å². The Bertz CT molecular complexity index is 332. The van der Waals surface area contributed by atoms with Crippen LogP contribution in [-0.2, 0) is 11.2 Å². The maximum atomic E-state index is 11.2. The van der Waals surface area contributed by atoms with Gasteiger partial charge in [-0.15, -0.1) is 0 Å². The Morgan fingerprint density at radius 3 is 2.14 bits per heavy atom. The molecule has 0 spiro atoms. The summed E-state index contributed by atoms with van der Waals surface area (Å²) in [5, 5.41) is 0. The number of hydrogen-bond donors (Lipinski definition) is 1. The van der Waals surface area contributed by atoms with Crippen LogP contribution in [0.3, 0.4) is 0 Å². The van der Waals surface area contributed by atoms with Gasteiger partial charge in [-0.05, 0) is 37.5 Å². The van der Waals surface area contributed by atoms with E-state index in [1.165, 1.54) is 16.7 Å². The van der Waals surface area contributed by atoms with Crippen molar-refractivity contribution in [2.45, 2.75) is 27.2 Å². The standard InChI is InChI=1S/C12H17NO/c1-8-4-9(2)12(10(3)5-8)6-11(14)7-13/h4-5H,6-7,13H2,1-3H3. The van der Waals surface area contributed by atoms with Gasteiger partial charge in [0.05, 0.1) is 6.54 Å². The second-order valence-electron chi connectivity index (χ2n) is 3.80. The summed E-state index contributed by atoms with van der Waals surface area (Å²) in [4.78, 5) is 11.2. The lowest BCUT2D eigenvalue weighted by molar-refractivity contribution is -0.117. The van der Waals surface area contributed by atoms with Gasteiger partial charge in [0, 0.05) is 6.42 Å². The topological polar surface area (TPSA) is 43.1 Å². The molecule has 0 saturated carbocycles. The Morgan fingerprint density at radius 2 is 1.71 bits per heavy atom. The number of rotatable bonds is 3. The predicted molar refractivity (Wildman–Crippen MR) is 58.4 cm³/mol. The second-order valence-corrected chi connectivity index (χ2v) is 3.80. The van der Waals surface area contributed by atoms with Gasteiger partial charge in [0.1, 0.15) is 0 Å². The molecule has 0 aliphatic heterocycles. The fourth-order valence-corrected chi connectivity index (χ4v) is 1.76. The van der Waals surface area contributed by atoms with E-state index in [1.54, 1.807) is 0 Å². The van der Waals surface area contributed by atoms with Gasteiger partial charge >= 0.3 is 0 Å². The molecule has 0 unspecified atom stereocenters. The predicted octanol–water partition coefficient (Wildman–Crippen LogP) is 1.68. The van der Waals surface area contributed by atoms with Crippen molar-refractivity contribution in [1.29, 1.82) is 0 Å². The van der Waals surface area contributed by atoms with Crippen LogP contribution in [0.25, 0.3) is 0 Å². The molecule has 0 amide bonds. The highest BCUT2D eigenvalue weighted by atomic mass is 16.1. The minimum absolute atomic E-state index is 0.0973. The zero-order valence-corrected chi connectivity index (χ0v) is 9.05. The lowest BCUT2D eigenvalue weighted by atomic mass is 9.96. The molecule has 0 aliphatic rings. The van der Waals surface area contributed by atoms with Gasteiger partial charge in [-0.3, -0.25) is 4.79 Å². The molecule has 0 fully saturated rings. The molecule has 1 aromatic carbocycles. The number of aryl methyl sites for hydroxylation is 3. The molecule has 2 nitrogen and oxygen atoms in total. The molecule has 2 heteroatoms. The molecule has 1 aromatic rings. The Balaban J connectivity index is 3.02. The van der Waals surface area contributed by atoms with E-state index in [0.717, 1.165) is 5.56 Å². The van der Waals surface area contributed by atoms with E-state index in [-0.39, 0.29) is 12.3 Å². The highest BCUT2D eigenvalue weighted by molar-refractivity contribution is 5.83. The Kier molecular flexibility index (Phi) is 3.42. The molecule has 2 N–H and O–H groups in total. The SMILES string of the molecule is Cc1cc(C)c(CC(=O)CN)c(C)c1. The van der Waals surface area contributed by atoms with E-state index in [9.17, 15) is 4.79 Å². The molecule has 0 aliphatic carbocycles. The number of Topliss-reactive ketones (excluding diaryl/α,β-unsaturated/α-hetero) is 1. The third-order valence-corrected chi connectivity index (χ3v) is 2.44. The van der Waals surface area contributed by atoms with Gasteiger partial charge in [0.15, 0.2) is 5.78 Å². The van der Waals surface area contributed by atoms with Gasteiger partial charge in [0.25, 0.3) is 0 Å². The Hall–Kier alpha value is -1.15. The normalized spacial score (nSPS) is 10.3. The molecule has 1 rings (SSSR count). The molecule has 0 heterocycles. The summed E-state index contributed by atoms with van der Waals surface area (Å²) in [5.41, 5.74) is 10.0. The quantitative estimate of drug-likeness (QED) is 0.790. The molecule has 76 valence electrons. The third-order valence-electron chi connectivity index (χ3n) is 2.44. The van der Waals surface area contributed by atoms with Crippen LogP contribution in [0, 0.1) is 20.8 Å². The first kappa shape index (κ1) is 10.9. The van der Waals surface area contributed by atoms with E-state index in [2.05, 4.69) is 19.1 Å². The number of nitrogens with two attached hydrogens (primary N) is 1. The summed E-state index contributed by atoms with van der Waals surface area (Å²) in [6.45, 7) is 6.28. The minimum Gasteiger partial charge on any atom is -0.324 e. The maximum Gasteiger partial charge on any atom is 0.150 e. The van der Waals surface area contributed by atoms with E-state index >= 15 is 0 Å². The summed E-state index contributed by atoms with van der Waals surface area (Å²) >= 11 is 0. The lowest BCUT2D eigenvalue weighted by Gasteiger charge is -2.09. The van der Waals surface area contributed by atoms with Gasteiger partial charge in [0.2, 0.25) is 0 Å². The molecule has 0 bridgehead atoms. The number of carbonyl (C=O) groups excluding carboxylic acids is 1. The van der Waals surface area contributed by atoms with Crippen molar-refractivity contribution in [2.75, 3.05) is 6.54 Å². The van der Waals surface area contributed by atoms with Gasteiger partial charge < -0.3 is 5.73 Å². The molecular formula is C12H17NO. The van der Waals surface area contributed by atoms with E-state index in [0.29, 0.717) is 6.42 Å². The lowest BCUT2D eigenvalue weighted by Crippen LogP contribution is -2.16. The molecular weight excluding hydrogens is 174 g/mol. The number of hydrogen-bond acceptors (Lipinski definition) is 2. The average molecular weight is 191 g/mol. The van der Waals surface area contributed by atoms with Crippen molar-refractivity contribution in [3.8, 4) is 0 Å². The number of carbonyl (C=O) groups is 1. The van der Waals surface area contributed by atoms with Crippen LogP contribution >= 0.6 is 0 Å². The number of benzene rings is 1. The first-order chi connectivity index (χ1) is 6.54. The zero-order chi connectivity index (χ0) is 10.7. The highest BCUT2D eigenvalue weighted by Crippen LogP contribution is 2.16.